The van der Waals surface area contributed by atoms with E-state index in [2.05, 4.69) is 11.4 Å². The van der Waals surface area contributed by atoms with Gasteiger partial charge in [0, 0.05) is 0 Å². The topological polar surface area (TPSA) is 47.6 Å². The Morgan fingerprint density at radius 3 is 2.64 bits per heavy atom. The second-order valence-electron chi connectivity index (χ2n) is 5.16. The van der Waals surface area contributed by atoms with E-state index < -0.39 is 0 Å². The average Bonchev–Trinajstić information content (AvgIpc) is 2.51. The molecule has 1 radical (unpaired) electrons. The van der Waals surface area contributed by atoms with Crippen molar-refractivity contribution in [2.75, 3.05) is 32.3 Å². The largest absolute Gasteiger partial charge is 0.493 e. The van der Waals surface area contributed by atoms with Gasteiger partial charge in [0.2, 0.25) is 0 Å². The van der Waals surface area contributed by atoms with Crippen molar-refractivity contribution >= 4 is 17.7 Å². The zero-order valence-electron chi connectivity index (χ0n) is 13.9. The Bertz CT molecular complexity index is 445. The molecule has 0 heterocycles. The van der Waals surface area contributed by atoms with Crippen LogP contribution < -0.4 is 10.1 Å². The number of thioether (sulfide) groups is 1. The minimum absolute atomic E-state index is 0.194. The molecule has 123 valence electrons. The van der Waals surface area contributed by atoms with Crippen molar-refractivity contribution in [3.63, 3.8) is 0 Å². The van der Waals surface area contributed by atoms with Crippen molar-refractivity contribution in [3.8, 4) is 5.75 Å². The van der Waals surface area contributed by atoms with Crippen LogP contribution in [0.5, 0.6) is 5.75 Å². The highest BCUT2D eigenvalue weighted by molar-refractivity contribution is 7.98. The molecule has 0 aromatic heterocycles. The van der Waals surface area contributed by atoms with E-state index in [1.165, 1.54) is 7.11 Å². The van der Waals surface area contributed by atoms with Crippen molar-refractivity contribution in [1.82, 2.24) is 5.32 Å². The molecule has 0 unspecified atom stereocenters. The molecule has 0 aliphatic heterocycles. The first-order valence-corrected chi connectivity index (χ1v) is 8.89. The van der Waals surface area contributed by atoms with Gasteiger partial charge in [-0.05, 0) is 74.6 Å². The summed E-state index contributed by atoms with van der Waals surface area (Å²) >= 11 is 1.73. The molecule has 1 aromatic carbocycles. The Morgan fingerprint density at radius 2 is 2.05 bits per heavy atom. The van der Waals surface area contributed by atoms with Gasteiger partial charge in [0.05, 0.1) is 13.7 Å². The summed E-state index contributed by atoms with van der Waals surface area (Å²) in [6.45, 7) is 5.39. The summed E-state index contributed by atoms with van der Waals surface area (Å²) in [6, 6.07) is 6.70. The number of nitrogens with one attached hydrogen (secondary N) is 1. The van der Waals surface area contributed by atoms with Crippen LogP contribution in [-0.4, -0.2) is 44.3 Å². The number of esters is 1. The SMILES string of the molecule is COC(=O)[C@H](CCSC)NCCCOc1c(C)c[c]cc1C. The summed E-state index contributed by atoms with van der Waals surface area (Å²) in [5, 5.41) is 3.25. The van der Waals surface area contributed by atoms with E-state index in [9.17, 15) is 4.79 Å². The predicted octanol–water partition coefficient (Wildman–Crippen LogP) is 2.76. The monoisotopic (exact) mass is 324 g/mol. The standard InChI is InChI=1S/C17H26NO3S/c1-13-7-5-8-14(2)16(13)21-11-6-10-18-15(9-12-22-4)17(19)20-3/h7-8,15,18H,6,9-12H2,1-4H3/t15-/m0/s1. The molecule has 0 amide bonds. The lowest BCUT2D eigenvalue weighted by atomic mass is 10.1. The van der Waals surface area contributed by atoms with Crippen LogP contribution >= 0.6 is 11.8 Å². The second kappa shape index (κ2) is 10.5. The molecule has 4 nitrogen and oxygen atoms in total. The van der Waals surface area contributed by atoms with E-state index in [4.69, 9.17) is 9.47 Å². The summed E-state index contributed by atoms with van der Waals surface area (Å²) < 4.78 is 10.7. The molecule has 0 saturated heterocycles. The van der Waals surface area contributed by atoms with Crippen LogP contribution in [0, 0.1) is 19.9 Å². The van der Waals surface area contributed by atoms with E-state index in [0.717, 1.165) is 42.0 Å². The van der Waals surface area contributed by atoms with Crippen LogP contribution in [0.2, 0.25) is 0 Å². The van der Waals surface area contributed by atoms with Gasteiger partial charge in [-0.25, -0.2) is 0 Å². The number of benzene rings is 1. The molecule has 1 aromatic rings. The highest BCUT2D eigenvalue weighted by Gasteiger charge is 2.17. The Balaban J connectivity index is 2.32. The van der Waals surface area contributed by atoms with Gasteiger partial charge in [0.25, 0.3) is 0 Å². The third-order valence-corrected chi connectivity index (χ3v) is 4.01. The number of carbonyl (C=O) groups is 1. The van der Waals surface area contributed by atoms with Crippen LogP contribution in [0.15, 0.2) is 12.1 Å². The van der Waals surface area contributed by atoms with Crippen LogP contribution in [0.1, 0.15) is 24.0 Å². The molecule has 1 atom stereocenters. The van der Waals surface area contributed by atoms with E-state index >= 15 is 0 Å². The number of carbonyl (C=O) groups excluding carboxylic acids is 1. The van der Waals surface area contributed by atoms with Crippen LogP contribution in [-0.2, 0) is 9.53 Å². The van der Waals surface area contributed by atoms with Gasteiger partial charge in [-0.2, -0.15) is 11.8 Å². The van der Waals surface area contributed by atoms with E-state index in [1.54, 1.807) is 11.8 Å². The number of aryl methyl sites for hydroxylation is 2. The molecule has 0 bridgehead atoms. The number of hydrogen-bond donors (Lipinski definition) is 1. The Hall–Kier alpha value is -1.20. The third kappa shape index (κ3) is 6.28. The summed E-state index contributed by atoms with van der Waals surface area (Å²) in [5.41, 5.74) is 2.20. The minimum Gasteiger partial charge on any atom is -0.493 e. The fraction of sp³-hybridized carbons (Fsp3) is 0.588. The van der Waals surface area contributed by atoms with E-state index in [-0.39, 0.29) is 12.0 Å². The van der Waals surface area contributed by atoms with Gasteiger partial charge in [-0.1, -0.05) is 0 Å². The van der Waals surface area contributed by atoms with Gasteiger partial charge >= 0.3 is 5.97 Å². The van der Waals surface area contributed by atoms with Gasteiger partial charge < -0.3 is 14.8 Å². The average molecular weight is 324 g/mol. The van der Waals surface area contributed by atoms with Gasteiger partial charge in [0.15, 0.2) is 0 Å². The normalized spacial score (nSPS) is 12.0. The Morgan fingerprint density at radius 1 is 1.36 bits per heavy atom. The molecular weight excluding hydrogens is 298 g/mol. The third-order valence-electron chi connectivity index (χ3n) is 3.37. The van der Waals surface area contributed by atoms with Crippen LogP contribution in [0.3, 0.4) is 0 Å². The predicted molar refractivity (Wildman–Crippen MR) is 91.7 cm³/mol. The first-order valence-electron chi connectivity index (χ1n) is 7.50. The maximum absolute atomic E-state index is 11.7. The van der Waals surface area contributed by atoms with Crippen LogP contribution in [0.25, 0.3) is 0 Å². The maximum atomic E-state index is 11.7. The maximum Gasteiger partial charge on any atom is 0.322 e. The van der Waals surface area contributed by atoms with E-state index in [0.29, 0.717) is 6.61 Å². The van der Waals surface area contributed by atoms with Crippen molar-refractivity contribution < 1.29 is 14.3 Å². The van der Waals surface area contributed by atoms with Crippen molar-refractivity contribution in [2.45, 2.75) is 32.7 Å². The summed E-state index contributed by atoms with van der Waals surface area (Å²) in [4.78, 5) is 11.7. The molecule has 0 spiro atoms. The zero-order chi connectivity index (χ0) is 16.4. The number of hydrogen-bond acceptors (Lipinski definition) is 5. The summed E-state index contributed by atoms with van der Waals surface area (Å²) in [5.74, 6) is 1.67. The quantitative estimate of drug-likeness (QED) is 0.530. The van der Waals surface area contributed by atoms with Crippen LogP contribution in [0.4, 0.5) is 0 Å². The van der Waals surface area contributed by atoms with Crippen molar-refractivity contribution in [3.05, 3.63) is 29.3 Å². The Kier molecular flexibility index (Phi) is 9.01. The van der Waals surface area contributed by atoms with Gasteiger partial charge in [0.1, 0.15) is 11.8 Å². The second-order valence-corrected chi connectivity index (χ2v) is 6.15. The molecular formula is C17H26NO3S. The first kappa shape index (κ1) is 18.8. The molecule has 5 heteroatoms. The molecule has 0 aliphatic rings. The molecule has 1 N–H and O–H groups in total. The highest BCUT2D eigenvalue weighted by atomic mass is 32.2. The highest BCUT2D eigenvalue weighted by Crippen LogP contribution is 2.21. The molecule has 0 saturated carbocycles. The molecule has 0 fully saturated rings. The zero-order valence-corrected chi connectivity index (χ0v) is 14.7. The minimum atomic E-state index is -0.229. The lowest BCUT2D eigenvalue weighted by Gasteiger charge is -2.16. The van der Waals surface area contributed by atoms with E-state index in [1.807, 2.05) is 32.2 Å². The lowest BCUT2D eigenvalue weighted by molar-refractivity contribution is -0.143. The fourth-order valence-corrected chi connectivity index (χ4v) is 2.64. The number of methoxy groups -OCH3 is 1. The molecule has 0 aliphatic carbocycles. The molecule has 1 rings (SSSR count). The van der Waals surface area contributed by atoms with Crippen molar-refractivity contribution in [1.29, 1.82) is 0 Å². The van der Waals surface area contributed by atoms with Crippen molar-refractivity contribution in [2.24, 2.45) is 0 Å². The fourth-order valence-electron chi connectivity index (χ4n) is 2.17. The lowest BCUT2D eigenvalue weighted by Crippen LogP contribution is -2.39. The number of ether oxygens (including phenoxy) is 2. The molecule has 22 heavy (non-hydrogen) atoms. The summed E-state index contributed by atoms with van der Waals surface area (Å²) in [7, 11) is 1.43. The summed E-state index contributed by atoms with van der Waals surface area (Å²) in [6.07, 6.45) is 3.65. The first-order chi connectivity index (χ1) is 10.6. The van der Waals surface area contributed by atoms with Gasteiger partial charge in [-0.3, -0.25) is 4.79 Å². The number of rotatable bonds is 10. The smallest absolute Gasteiger partial charge is 0.322 e. The Labute approximate surface area is 138 Å². The van der Waals surface area contributed by atoms with Gasteiger partial charge in [-0.15, -0.1) is 0 Å².